The van der Waals surface area contributed by atoms with Crippen LogP contribution in [-0.2, 0) is 4.79 Å². The van der Waals surface area contributed by atoms with Crippen LogP contribution in [0.25, 0.3) is 0 Å². The summed E-state index contributed by atoms with van der Waals surface area (Å²) < 4.78 is 0. The van der Waals surface area contributed by atoms with Gasteiger partial charge in [0.1, 0.15) is 0 Å². The first-order valence-corrected chi connectivity index (χ1v) is 5.15. The molecule has 5 N–H and O–H groups in total. The number of nitrogens with zero attached hydrogens (tertiary/aromatic N) is 1. The highest BCUT2D eigenvalue weighted by Crippen LogP contribution is 2.07. The molecule has 0 aliphatic carbocycles. The molecule has 1 aliphatic heterocycles. The summed E-state index contributed by atoms with van der Waals surface area (Å²) in [5, 5.41) is 2.04. The fourth-order valence-corrected chi connectivity index (χ4v) is 1.75. The lowest BCUT2D eigenvalue weighted by Crippen LogP contribution is -2.44. The molecule has 3 amide bonds. The number of nitrogens with one attached hydrogen (secondary N) is 1. The zero-order valence-electron chi connectivity index (χ0n) is 9.15. The van der Waals surface area contributed by atoms with Crippen LogP contribution in [0, 0.1) is 0 Å². The number of imide groups is 1. The van der Waals surface area contributed by atoms with Crippen LogP contribution in [0.1, 0.15) is 19.3 Å². The highest BCUT2D eigenvalue weighted by molar-refractivity contribution is 5.93. The maximum absolute atomic E-state index is 11.1. The molecule has 0 spiro atoms. The Balaban J connectivity index is 0.00000225. The second-order valence-electron chi connectivity index (χ2n) is 3.87. The third-order valence-corrected chi connectivity index (χ3v) is 2.46. The molecule has 0 aromatic heterocycles. The Bertz CT molecular complexity index is 250. The monoisotopic (exact) mass is 250 g/mol. The maximum Gasteiger partial charge on any atom is 0.318 e. The molecule has 0 bridgehead atoms. The quantitative estimate of drug-likeness (QED) is 0.624. The molecule has 0 saturated carbocycles. The Hall–Kier alpha value is -0.850. The number of urea groups is 1. The van der Waals surface area contributed by atoms with E-state index < -0.39 is 6.03 Å². The lowest BCUT2D eigenvalue weighted by atomic mass is 10.1. The van der Waals surface area contributed by atoms with Gasteiger partial charge in [-0.05, 0) is 19.4 Å². The lowest BCUT2D eigenvalue weighted by molar-refractivity contribution is -0.120. The molecule has 94 valence electrons. The number of hydrogen-bond acceptors (Lipinski definition) is 4. The van der Waals surface area contributed by atoms with Crippen molar-refractivity contribution in [3.63, 3.8) is 0 Å². The number of primary amides is 1. The molecule has 1 aliphatic rings. The number of piperidine rings is 1. The van der Waals surface area contributed by atoms with Gasteiger partial charge < -0.3 is 16.4 Å². The molecule has 16 heavy (non-hydrogen) atoms. The zero-order chi connectivity index (χ0) is 11.3. The van der Waals surface area contributed by atoms with Crippen molar-refractivity contribution < 1.29 is 9.59 Å². The number of amides is 3. The molecule has 6 nitrogen and oxygen atoms in total. The molecule has 1 fully saturated rings. The van der Waals surface area contributed by atoms with Crippen molar-refractivity contribution in [2.24, 2.45) is 11.5 Å². The smallest absolute Gasteiger partial charge is 0.318 e. The molecule has 1 atom stereocenters. The van der Waals surface area contributed by atoms with Crippen LogP contribution in [0.4, 0.5) is 4.79 Å². The highest BCUT2D eigenvalue weighted by atomic mass is 35.5. The van der Waals surface area contributed by atoms with E-state index in [-0.39, 0.29) is 30.8 Å². The van der Waals surface area contributed by atoms with Crippen LogP contribution in [0.3, 0.4) is 0 Å². The van der Waals surface area contributed by atoms with Crippen molar-refractivity contribution in [1.82, 2.24) is 10.2 Å². The van der Waals surface area contributed by atoms with Crippen LogP contribution in [-0.4, -0.2) is 42.5 Å². The Labute approximate surface area is 101 Å². The average Bonchev–Trinajstić information content (AvgIpc) is 2.14. The van der Waals surface area contributed by atoms with Gasteiger partial charge in [-0.1, -0.05) is 0 Å². The molecular formula is C9H19ClN4O2. The summed E-state index contributed by atoms with van der Waals surface area (Å²) >= 11 is 0. The number of halogens is 1. The van der Waals surface area contributed by atoms with Gasteiger partial charge in [-0.3, -0.25) is 10.1 Å². The summed E-state index contributed by atoms with van der Waals surface area (Å²) in [6.45, 7) is 2.42. The highest BCUT2D eigenvalue weighted by Gasteiger charge is 2.17. The van der Waals surface area contributed by atoms with E-state index in [2.05, 4.69) is 4.90 Å². The van der Waals surface area contributed by atoms with Crippen LogP contribution in [0.15, 0.2) is 0 Å². The van der Waals surface area contributed by atoms with E-state index in [1.165, 1.54) is 0 Å². The van der Waals surface area contributed by atoms with E-state index in [1.807, 2.05) is 5.32 Å². The summed E-state index contributed by atoms with van der Waals surface area (Å²) in [7, 11) is 0. The van der Waals surface area contributed by atoms with Gasteiger partial charge in [0.05, 0.1) is 0 Å². The van der Waals surface area contributed by atoms with E-state index in [0.29, 0.717) is 6.54 Å². The summed E-state index contributed by atoms with van der Waals surface area (Å²) in [4.78, 5) is 23.6. The summed E-state index contributed by atoms with van der Waals surface area (Å²) in [5.41, 5.74) is 10.6. The lowest BCUT2D eigenvalue weighted by Gasteiger charge is -2.30. The van der Waals surface area contributed by atoms with E-state index in [9.17, 15) is 9.59 Å². The first-order valence-electron chi connectivity index (χ1n) is 5.15. The van der Waals surface area contributed by atoms with Crippen LogP contribution < -0.4 is 16.8 Å². The number of rotatable bonds is 3. The van der Waals surface area contributed by atoms with Crippen molar-refractivity contribution in [3.05, 3.63) is 0 Å². The van der Waals surface area contributed by atoms with Gasteiger partial charge in [0, 0.05) is 25.6 Å². The van der Waals surface area contributed by atoms with Gasteiger partial charge in [-0.2, -0.15) is 0 Å². The largest absolute Gasteiger partial charge is 0.351 e. The van der Waals surface area contributed by atoms with Crippen LogP contribution >= 0.6 is 12.4 Å². The Morgan fingerprint density at radius 3 is 2.69 bits per heavy atom. The van der Waals surface area contributed by atoms with Gasteiger partial charge in [-0.25, -0.2) is 4.79 Å². The van der Waals surface area contributed by atoms with E-state index >= 15 is 0 Å². The minimum absolute atomic E-state index is 0. The molecule has 1 unspecified atom stereocenters. The molecular weight excluding hydrogens is 232 g/mol. The van der Waals surface area contributed by atoms with Crippen molar-refractivity contribution in [1.29, 1.82) is 0 Å². The molecule has 0 radical (unpaired) electrons. The Morgan fingerprint density at radius 2 is 2.12 bits per heavy atom. The minimum atomic E-state index is -0.796. The van der Waals surface area contributed by atoms with Crippen molar-refractivity contribution in [2.45, 2.75) is 25.3 Å². The first kappa shape index (κ1) is 15.2. The second-order valence-corrected chi connectivity index (χ2v) is 3.87. The first-order chi connectivity index (χ1) is 7.08. The van der Waals surface area contributed by atoms with E-state index in [1.54, 1.807) is 0 Å². The third-order valence-electron chi connectivity index (χ3n) is 2.46. The fourth-order valence-electron chi connectivity index (χ4n) is 1.75. The number of likely N-dealkylation sites (tertiary alicyclic amines) is 1. The predicted octanol–water partition coefficient (Wildman–Crippen LogP) is -0.584. The molecule has 0 aromatic rings. The molecule has 7 heteroatoms. The van der Waals surface area contributed by atoms with Crippen molar-refractivity contribution in [2.75, 3.05) is 19.6 Å². The van der Waals surface area contributed by atoms with Gasteiger partial charge in [0.15, 0.2) is 0 Å². The van der Waals surface area contributed by atoms with E-state index in [0.717, 1.165) is 25.9 Å². The number of hydrogen-bond donors (Lipinski definition) is 3. The summed E-state index contributed by atoms with van der Waals surface area (Å²) in [5.74, 6) is -0.332. The molecule has 1 heterocycles. The average molecular weight is 251 g/mol. The SMILES string of the molecule is Cl.NC(=O)NC(=O)CCN1CCCC(N)C1. The predicted molar refractivity (Wildman–Crippen MR) is 63.2 cm³/mol. The van der Waals surface area contributed by atoms with Gasteiger partial charge in [0.2, 0.25) is 5.91 Å². The normalized spacial score (nSPS) is 20.9. The van der Waals surface area contributed by atoms with Crippen molar-refractivity contribution >= 4 is 24.3 Å². The Morgan fingerprint density at radius 1 is 1.44 bits per heavy atom. The second kappa shape index (κ2) is 7.43. The number of nitrogens with two attached hydrogens (primary N) is 2. The van der Waals surface area contributed by atoms with Gasteiger partial charge >= 0.3 is 6.03 Å². The van der Waals surface area contributed by atoms with E-state index in [4.69, 9.17) is 11.5 Å². The van der Waals surface area contributed by atoms with Crippen molar-refractivity contribution in [3.8, 4) is 0 Å². The summed E-state index contributed by atoms with van der Waals surface area (Å²) in [6, 6.07) is -0.590. The minimum Gasteiger partial charge on any atom is -0.351 e. The third kappa shape index (κ3) is 5.89. The number of carbonyl (C=O) groups is 2. The number of carbonyl (C=O) groups excluding carboxylic acids is 2. The molecule has 1 rings (SSSR count). The topological polar surface area (TPSA) is 101 Å². The van der Waals surface area contributed by atoms with Gasteiger partial charge in [0.25, 0.3) is 0 Å². The van der Waals surface area contributed by atoms with Crippen LogP contribution in [0.5, 0.6) is 0 Å². The summed E-state index contributed by atoms with van der Waals surface area (Å²) in [6.07, 6.45) is 2.40. The van der Waals surface area contributed by atoms with Crippen LogP contribution in [0.2, 0.25) is 0 Å². The van der Waals surface area contributed by atoms with Gasteiger partial charge in [-0.15, -0.1) is 12.4 Å². The molecule has 1 saturated heterocycles. The molecule has 0 aromatic carbocycles. The maximum atomic E-state index is 11.1. The Kier molecular flexibility index (Phi) is 7.03. The fraction of sp³-hybridized carbons (Fsp3) is 0.778. The standard InChI is InChI=1S/C9H18N4O2.ClH/c10-7-2-1-4-13(6-7)5-3-8(14)12-9(11)15;/h7H,1-6,10H2,(H3,11,12,14,15);1H. The zero-order valence-corrected chi connectivity index (χ0v) is 9.96.